The zero-order valence-corrected chi connectivity index (χ0v) is 9.31. The Bertz CT molecular complexity index is 284. The van der Waals surface area contributed by atoms with Gasteiger partial charge in [-0.3, -0.25) is 0 Å². The molecule has 0 heterocycles. The van der Waals surface area contributed by atoms with E-state index in [1.807, 2.05) is 6.92 Å². The van der Waals surface area contributed by atoms with E-state index < -0.39 is 0 Å². The van der Waals surface area contributed by atoms with E-state index in [0.29, 0.717) is 11.8 Å². The van der Waals surface area contributed by atoms with Gasteiger partial charge in [0.2, 0.25) is 0 Å². The smallest absolute Gasteiger partial charge is 0.119 e. The van der Waals surface area contributed by atoms with Crippen LogP contribution in [0.1, 0.15) is 33.6 Å². The standard InChI is InChI=1S/C13H19F/c1-9(2)10(3)7-12-5-6-13(14)8-11(12)4/h6,8,10,12H,1,5,7H2,2-4H3. The highest BCUT2D eigenvalue weighted by Crippen LogP contribution is 2.31. The fourth-order valence-corrected chi connectivity index (χ4v) is 1.75. The average Bonchev–Trinajstić information content (AvgIpc) is 2.09. The molecule has 0 fully saturated rings. The Kier molecular flexibility index (Phi) is 3.68. The van der Waals surface area contributed by atoms with E-state index >= 15 is 0 Å². The van der Waals surface area contributed by atoms with Crippen molar-refractivity contribution in [1.29, 1.82) is 0 Å². The molecular formula is C13H19F. The molecule has 1 aliphatic rings. The molecule has 0 saturated heterocycles. The van der Waals surface area contributed by atoms with Gasteiger partial charge in [0.15, 0.2) is 0 Å². The largest absolute Gasteiger partial charge is 0.207 e. The van der Waals surface area contributed by atoms with Gasteiger partial charge in [0.1, 0.15) is 5.83 Å². The molecule has 0 aromatic rings. The zero-order chi connectivity index (χ0) is 10.7. The lowest BCUT2D eigenvalue weighted by Gasteiger charge is -2.23. The van der Waals surface area contributed by atoms with Gasteiger partial charge in [0.25, 0.3) is 0 Å². The number of rotatable bonds is 3. The lowest BCUT2D eigenvalue weighted by atomic mass is 9.83. The highest BCUT2D eigenvalue weighted by molar-refractivity contribution is 5.24. The first-order valence-corrected chi connectivity index (χ1v) is 5.20. The van der Waals surface area contributed by atoms with Crippen molar-refractivity contribution in [2.75, 3.05) is 0 Å². The third-order valence-corrected chi connectivity index (χ3v) is 3.09. The van der Waals surface area contributed by atoms with Crippen molar-refractivity contribution in [3.63, 3.8) is 0 Å². The van der Waals surface area contributed by atoms with Gasteiger partial charge in [0.05, 0.1) is 0 Å². The molecule has 0 N–H and O–H groups in total. The predicted octanol–water partition coefficient (Wildman–Crippen LogP) is 4.41. The van der Waals surface area contributed by atoms with Crippen molar-refractivity contribution in [2.24, 2.45) is 11.8 Å². The molecule has 0 bridgehead atoms. The Morgan fingerprint density at radius 2 is 2.36 bits per heavy atom. The maximum Gasteiger partial charge on any atom is 0.119 e. The summed E-state index contributed by atoms with van der Waals surface area (Å²) in [5, 5.41) is 0. The molecule has 2 unspecified atom stereocenters. The van der Waals surface area contributed by atoms with Crippen molar-refractivity contribution in [1.82, 2.24) is 0 Å². The summed E-state index contributed by atoms with van der Waals surface area (Å²) in [6, 6.07) is 0. The van der Waals surface area contributed by atoms with E-state index in [-0.39, 0.29) is 5.83 Å². The van der Waals surface area contributed by atoms with Gasteiger partial charge in [-0.15, -0.1) is 0 Å². The van der Waals surface area contributed by atoms with Crippen molar-refractivity contribution < 1.29 is 4.39 Å². The molecule has 2 atom stereocenters. The van der Waals surface area contributed by atoms with Crippen LogP contribution in [0.25, 0.3) is 0 Å². The molecule has 1 aliphatic carbocycles. The molecule has 0 saturated carbocycles. The van der Waals surface area contributed by atoms with E-state index in [2.05, 4.69) is 20.4 Å². The van der Waals surface area contributed by atoms with Gasteiger partial charge in [-0.05, 0) is 50.7 Å². The second-order valence-electron chi connectivity index (χ2n) is 4.39. The first-order valence-electron chi connectivity index (χ1n) is 5.20. The van der Waals surface area contributed by atoms with E-state index in [0.717, 1.165) is 18.4 Å². The van der Waals surface area contributed by atoms with Crippen LogP contribution in [0.5, 0.6) is 0 Å². The molecule has 0 amide bonds. The predicted molar refractivity (Wildman–Crippen MR) is 59.7 cm³/mol. The molecule has 0 aromatic heterocycles. The zero-order valence-electron chi connectivity index (χ0n) is 9.31. The molecule has 0 nitrogen and oxygen atoms in total. The van der Waals surface area contributed by atoms with Gasteiger partial charge in [-0.25, -0.2) is 4.39 Å². The van der Waals surface area contributed by atoms with Crippen molar-refractivity contribution in [3.05, 3.63) is 35.7 Å². The Hall–Kier alpha value is -0.850. The maximum atomic E-state index is 12.9. The summed E-state index contributed by atoms with van der Waals surface area (Å²) < 4.78 is 12.9. The van der Waals surface area contributed by atoms with Crippen LogP contribution in [0.15, 0.2) is 35.7 Å². The molecule has 0 radical (unpaired) electrons. The minimum absolute atomic E-state index is 0.0817. The summed E-state index contributed by atoms with van der Waals surface area (Å²) in [6.07, 6.45) is 5.26. The summed E-state index contributed by atoms with van der Waals surface area (Å²) in [5.74, 6) is 0.945. The van der Waals surface area contributed by atoms with E-state index in [4.69, 9.17) is 0 Å². The Labute approximate surface area is 86.2 Å². The Morgan fingerprint density at radius 3 is 2.86 bits per heavy atom. The van der Waals surface area contributed by atoms with E-state index in [9.17, 15) is 4.39 Å². The number of halogens is 1. The minimum atomic E-state index is -0.0817. The molecule has 1 heteroatoms. The fourth-order valence-electron chi connectivity index (χ4n) is 1.75. The highest BCUT2D eigenvalue weighted by atomic mass is 19.1. The lowest BCUT2D eigenvalue weighted by molar-refractivity contribution is 0.465. The van der Waals surface area contributed by atoms with Crippen LogP contribution >= 0.6 is 0 Å². The van der Waals surface area contributed by atoms with Gasteiger partial charge in [0, 0.05) is 0 Å². The molecule has 14 heavy (non-hydrogen) atoms. The molecule has 0 aromatic carbocycles. The summed E-state index contributed by atoms with van der Waals surface area (Å²) in [5.41, 5.74) is 2.38. The van der Waals surface area contributed by atoms with Crippen LogP contribution in [-0.2, 0) is 0 Å². The van der Waals surface area contributed by atoms with E-state index in [1.165, 1.54) is 5.57 Å². The average molecular weight is 194 g/mol. The van der Waals surface area contributed by atoms with Crippen LogP contribution in [0, 0.1) is 11.8 Å². The SMILES string of the molecule is C=C(C)C(C)CC1CC=C(F)C=C1C. The number of hydrogen-bond acceptors (Lipinski definition) is 0. The maximum absolute atomic E-state index is 12.9. The molecular weight excluding hydrogens is 175 g/mol. The summed E-state index contributed by atoms with van der Waals surface area (Å²) in [6.45, 7) is 10.2. The second kappa shape index (κ2) is 4.59. The molecule has 78 valence electrons. The van der Waals surface area contributed by atoms with Gasteiger partial charge in [-0.2, -0.15) is 0 Å². The second-order valence-corrected chi connectivity index (χ2v) is 4.39. The van der Waals surface area contributed by atoms with Crippen LogP contribution in [0.2, 0.25) is 0 Å². The van der Waals surface area contributed by atoms with Crippen molar-refractivity contribution >= 4 is 0 Å². The third-order valence-electron chi connectivity index (χ3n) is 3.09. The fraction of sp³-hybridized carbons (Fsp3) is 0.538. The Balaban J connectivity index is 2.57. The number of hydrogen-bond donors (Lipinski definition) is 0. The quantitative estimate of drug-likeness (QED) is 0.584. The van der Waals surface area contributed by atoms with Gasteiger partial charge < -0.3 is 0 Å². The molecule has 0 spiro atoms. The summed E-state index contributed by atoms with van der Waals surface area (Å²) in [4.78, 5) is 0. The Morgan fingerprint density at radius 1 is 1.71 bits per heavy atom. The van der Waals surface area contributed by atoms with Crippen LogP contribution < -0.4 is 0 Å². The lowest BCUT2D eigenvalue weighted by Crippen LogP contribution is -2.10. The first kappa shape index (κ1) is 11.2. The molecule has 1 rings (SSSR count). The third kappa shape index (κ3) is 2.83. The topological polar surface area (TPSA) is 0 Å². The summed E-state index contributed by atoms with van der Waals surface area (Å²) in [7, 11) is 0. The summed E-state index contributed by atoms with van der Waals surface area (Å²) >= 11 is 0. The highest BCUT2D eigenvalue weighted by Gasteiger charge is 2.17. The minimum Gasteiger partial charge on any atom is -0.207 e. The molecule has 0 aliphatic heterocycles. The number of allylic oxidation sites excluding steroid dienone is 5. The van der Waals surface area contributed by atoms with Crippen molar-refractivity contribution in [2.45, 2.75) is 33.6 Å². The van der Waals surface area contributed by atoms with Crippen LogP contribution in [0.3, 0.4) is 0 Å². The van der Waals surface area contributed by atoms with E-state index in [1.54, 1.807) is 12.2 Å². The van der Waals surface area contributed by atoms with Crippen LogP contribution in [-0.4, -0.2) is 0 Å². The first-order chi connectivity index (χ1) is 6.50. The monoisotopic (exact) mass is 194 g/mol. The normalized spacial score (nSPS) is 23.9. The van der Waals surface area contributed by atoms with Crippen LogP contribution in [0.4, 0.5) is 4.39 Å². The van der Waals surface area contributed by atoms with Crippen molar-refractivity contribution in [3.8, 4) is 0 Å². The van der Waals surface area contributed by atoms with Gasteiger partial charge in [-0.1, -0.05) is 24.6 Å². The van der Waals surface area contributed by atoms with Gasteiger partial charge >= 0.3 is 0 Å².